The van der Waals surface area contributed by atoms with E-state index in [-0.39, 0.29) is 5.82 Å². The van der Waals surface area contributed by atoms with Crippen molar-refractivity contribution in [3.63, 3.8) is 0 Å². The highest BCUT2D eigenvalue weighted by molar-refractivity contribution is 6.42. The van der Waals surface area contributed by atoms with Crippen molar-refractivity contribution >= 4 is 23.2 Å². The van der Waals surface area contributed by atoms with Crippen molar-refractivity contribution < 1.29 is 9.50 Å². The Morgan fingerprint density at radius 3 is 2.50 bits per heavy atom. The van der Waals surface area contributed by atoms with Gasteiger partial charge in [-0.05, 0) is 36.2 Å². The number of rotatable bonds is 2. The summed E-state index contributed by atoms with van der Waals surface area (Å²) in [6.07, 6.45) is -0.920. The SMILES string of the molecule is Cc1cc(F)ccc1C(O)c1cccc(Cl)c1Cl. The summed E-state index contributed by atoms with van der Waals surface area (Å²) < 4.78 is 13.0. The number of hydrogen-bond acceptors (Lipinski definition) is 1. The van der Waals surface area contributed by atoms with Gasteiger partial charge in [0.25, 0.3) is 0 Å². The van der Waals surface area contributed by atoms with Gasteiger partial charge in [-0.3, -0.25) is 0 Å². The van der Waals surface area contributed by atoms with Gasteiger partial charge in [-0.25, -0.2) is 4.39 Å². The number of hydrogen-bond donors (Lipinski definition) is 1. The fourth-order valence-electron chi connectivity index (χ4n) is 1.85. The molecule has 2 aromatic carbocycles. The Hall–Kier alpha value is -1.09. The first kappa shape index (κ1) is 13.3. The van der Waals surface area contributed by atoms with Crippen LogP contribution in [-0.2, 0) is 0 Å². The standard InChI is InChI=1S/C14H11Cl2FO/c1-8-7-9(17)5-6-10(8)14(18)11-3-2-4-12(15)13(11)16/h2-7,14,18H,1H3. The number of benzene rings is 2. The van der Waals surface area contributed by atoms with Gasteiger partial charge in [0.05, 0.1) is 10.0 Å². The molecule has 0 radical (unpaired) electrons. The molecule has 2 rings (SSSR count). The van der Waals surface area contributed by atoms with E-state index in [4.69, 9.17) is 23.2 Å². The van der Waals surface area contributed by atoms with Gasteiger partial charge in [0.2, 0.25) is 0 Å². The van der Waals surface area contributed by atoms with E-state index in [0.29, 0.717) is 26.7 Å². The molecule has 0 spiro atoms. The monoisotopic (exact) mass is 284 g/mol. The van der Waals surface area contributed by atoms with E-state index in [1.807, 2.05) is 0 Å². The Bertz CT molecular complexity index is 584. The molecule has 0 saturated carbocycles. The van der Waals surface area contributed by atoms with E-state index in [1.165, 1.54) is 12.1 Å². The maximum absolute atomic E-state index is 13.0. The minimum atomic E-state index is -0.920. The zero-order chi connectivity index (χ0) is 13.3. The van der Waals surface area contributed by atoms with Crippen LogP contribution in [0.25, 0.3) is 0 Å². The highest BCUT2D eigenvalue weighted by Crippen LogP contribution is 2.34. The molecule has 1 nitrogen and oxygen atoms in total. The summed E-state index contributed by atoms with van der Waals surface area (Å²) in [7, 11) is 0. The molecule has 1 N–H and O–H groups in total. The van der Waals surface area contributed by atoms with Crippen molar-refractivity contribution in [2.75, 3.05) is 0 Å². The second-order valence-corrected chi connectivity index (χ2v) is 4.83. The van der Waals surface area contributed by atoms with Crippen LogP contribution in [0.5, 0.6) is 0 Å². The van der Waals surface area contributed by atoms with Gasteiger partial charge in [-0.2, -0.15) is 0 Å². The van der Waals surface area contributed by atoms with Crippen LogP contribution in [0.4, 0.5) is 4.39 Å². The Kier molecular flexibility index (Phi) is 3.91. The molecule has 0 fully saturated rings. The number of aliphatic hydroxyl groups excluding tert-OH is 1. The van der Waals surface area contributed by atoms with Crippen LogP contribution in [0, 0.1) is 12.7 Å². The summed E-state index contributed by atoms with van der Waals surface area (Å²) in [5.41, 5.74) is 1.79. The van der Waals surface area contributed by atoms with Crippen LogP contribution >= 0.6 is 23.2 Å². The normalized spacial score (nSPS) is 12.5. The van der Waals surface area contributed by atoms with Crippen LogP contribution < -0.4 is 0 Å². The van der Waals surface area contributed by atoms with E-state index >= 15 is 0 Å². The number of halogens is 3. The molecule has 0 aliphatic carbocycles. The van der Waals surface area contributed by atoms with Crippen molar-refractivity contribution in [1.82, 2.24) is 0 Å². The molecule has 0 aromatic heterocycles. The summed E-state index contributed by atoms with van der Waals surface area (Å²) in [4.78, 5) is 0. The van der Waals surface area contributed by atoms with Gasteiger partial charge in [0.1, 0.15) is 11.9 Å². The second kappa shape index (κ2) is 5.27. The van der Waals surface area contributed by atoms with Crippen molar-refractivity contribution in [2.24, 2.45) is 0 Å². The van der Waals surface area contributed by atoms with Crippen LogP contribution in [0.3, 0.4) is 0 Å². The largest absolute Gasteiger partial charge is 0.384 e. The molecule has 0 heterocycles. The molecule has 0 saturated heterocycles. The van der Waals surface area contributed by atoms with Crippen LogP contribution in [0.2, 0.25) is 10.0 Å². The highest BCUT2D eigenvalue weighted by Gasteiger charge is 2.17. The predicted molar refractivity (Wildman–Crippen MR) is 71.7 cm³/mol. The minimum Gasteiger partial charge on any atom is -0.384 e. The van der Waals surface area contributed by atoms with Crippen molar-refractivity contribution in [1.29, 1.82) is 0 Å². The van der Waals surface area contributed by atoms with Crippen molar-refractivity contribution in [3.8, 4) is 0 Å². The lowest BCUT2D eigenvalue weighted by molar-refractivity contribution is 0.219. The Morgan fingerprint density at radius 2 is 1.83 bits per heavy atom. The first-order valence-corrected chi connectivity index (χ1v) is 6.14. The van der Waals surface area contributed by atoms with Gasteiger partial charge in [-0.15, -0.1) is 0 Å². The van der Waals surface area contributed by atoms with Crippen LogP contribution in [0.15, 0.2) is 36.4 Å². The zero-order valence-corrected chi connectivity index (χ0v) is 11.1. The molecule has 18 heavy (non-hydrogen) atoms. The molecule has 1 atom stereocenters. The predicted octanol–water partition coefficient (Wildman–Crippen LogP) is 4.52. The average Bonchev–Trinajstić information content (AvgIpc) is 2.32. The van der Waals surface area contributed by atoms with Crippen LogP contribution in [0.1, 0.15) is 22.8 Å². The van der Waals surface area contributed by atoms with Gasteiger partial charge < -0.3 is 5.11 Å². The molecule has 0 amide bonds. The molecular formula is C14H11Cl2FO. The maximum atomic E-state index is 13.0. The van der Waals surface area contributed by atoms with E-state index in [9.17, 15) is 9.50 Å². The third-order valence-electron chi connectivity index (χ3n) is 2.80. The van der Waals surface area contributed by atoms with E-state index < -0.39 is 6.10 Å². The third-order valence-corrected chi connectivity index (χ3v) is 3.64. The van der Waals surface area contributed by atoms with E-state index in [1.54, 1.807) is 31.2 Å². The lowest BCUT2D eigenvalue weighted by Gasteiger charge is -2.16. The van der Waals surface area contributed by atoms with Crippen molar-refractivity contribution in [3.05, 3.63) is 69.0 Å². The first-order chi connectivity index (χ1) is 8.50. The Labute approximate surface area is 115 Å². The zero-order valence-electron chi connectivity index (χ0n) is 9.62. The molecular weight excluding hydrogens is 274 g/mol. The topological polar surface area (TPSA) is 20.2 Å². The number of aliphatic hydroxyl groups is 1. The molecule has 1 unspecified atom stereocenters. The quantitative estimate of drug-likeness (QED) is 0.860. The smallest absolute Gasteiger partial charge is 0.123 e. The fourth-order valence-corrected chi connectivity index (χ4v) is 2.26. The average molecular weight is 285 g/mol. The summed E-state index contributed by atoms with van der Waals surface area (Å²) in [6.45, 7) is 1.74. The second-order valence-electron chi connectivity index (χ2n) is 4.05. The summed E-state index contributed by atoms with van der Waals surface area (Å²) in [6, 6.07) is 9.29. The van der Waals surface area contributed by atoms with Gasteiger partial charge in [0, 0.05) is 5.56 Å². The fraction of sp³-hybridized carbons (Fsp3) is 0.143. The van der Waals surface area contributed by atoms with Crippen molar-refractivity contribution in [2.45, 2.75) is 13.0 Å². The van der Waals surface area contributed by atoms with Gasteiger partial charge in [-0.1, -0.05) is 41.4 Å². The molecule has 94 valence electrons. The van der Waals surface area contributed by atoms with Gasteiger partial charge >= 0.3 is 0 Å². The third kappa shape index (κ3) is 2.51. The molecule has 4 heteroatoms. The van der Waals surface area contributed by atoms with E-state index in [2.05, 4.69) is 0 Å². The highest BCUT2D eigenvalue weighted by atomic mass is 35.5. The first-order valence-electron chi connectivity index (χ1n) is 5.38. The molecule has 2 aromatic rings. The summed E-state index contributed by atoms with van der Waals surface area (Å²) in [5, 5.41) is 11.0. The van der Waals surface area contributed by atoms with Crippen LogP contribution in [-0.4, -0.2) is 5.11 Å². The Balaban J connectivity index is 2.48. The van der Waals surface area contributed by atoms with E-state index in [0.717, 1.165) is 0 Å². The lowest BCUT2D eigenvalue weighted by atomic mass is 9.97. The summed E-state index contributed by atoms with van der Waals surface area (Å²) in [5.74, 6) is -0.333. The Morgan fingerprint density at radius 1 is 1.11 bits per heavy atom. The van der Waals surface area contributed by atoms with Gasteiger partial charge in [0.15, 0.2) is 0 Å². The summed E-state index contributed by atoms with van der Waals surface area (Å²) >= 11 is 12.0. The lowest BCUT2D eigenvalue weighted by Crippen LogP contribution is -2.03. The maximum Gasteiger partial charge on any atom is 0.123 e. The molecule has 0 bridgehead atoms. The molecule has 0 aliphatic heterocycles. The number of aryl methyl sites for hydroxylation is 1. The minimum absolute atomic E-state index is 0.315. The molecule has 0 aliphatic rings.